The largest absolute Gasteiger partial charge is 0.295 e. The maximum atomic E-state index is 10.7. The molecule has 0 atom stereocenters. The van der Waals surface area contributed by atoms with Gasteiger partial charge in [0.05, 0.1) is 0 Å². The first-order chi connectivity index (χ1) is 5.70. The van der Waals surface area contributed by atoms with Gasteiger partial charge in [0.25, 0.3) is 0 Å². The molecule has 0 aliphatic carbocycles. The fourth-order valence-corrected chi connectivity index (χ4v) is 0.949. The first kappa shape index (κ1) is 11.4. The summed E-state index contributed by atoms with van der Waals surface area (Å²) >= 11 is 3.28. The zero-order valence-electron chi connectivity index (χ0n) is 7.60. The van der Waals surface area contributed by atoms with Crippen molar-refractivity contribution < 1.29 is 4.79 Å². The molecule has 0 spiro atoms. The summed E-state index contributed by atoms with van der Waals surface area (Å²) in [5.41, 5.74) is 0.753. The zero-order chi connectivity index (χ0) is 9.56. The molecule has 0 unspecified atom stereocenters. The number of rotatable bonds is 1. The zero-order valence-corrected chi connectivity index (χ0v) is 9.18. The molecule has 0 saturated heterocycles. The predicted molar refractivity (Wildman–Crippen MR) is 55.5 cm³/mol. The van der Waals surface area contributed by atoms with Gasteiger partial charge in [0.2, 0.25) is 0 Å². The lowest BCUT2D eigenvalue weighted by Gasteiger charge is -1.92. The Morgan fingerprint density at radius 1 is 1.17 bits per heavy atom. The number of hydrogen-bond acceptors (Lipinski definition) is 1. The van der Waals surface area contributed by atoms with Crippen molar-refractivity contribution in [2.24, 2.45) is 0 Å². The summed E-state index contributed by atoms with van der Waals surface area (Å²) in [7, 11) is 0. The summed E-state index contributed by atoms with van der Waals surface area (Å²) in [6.45, 7) is 5.56. The summed E-state index contributed by atoms with van der Waals surface area (Å²) in [5.74, 6) is 0.104. The summed E-state index contributed by atoms with van der Waals surface area (Å²) in [5, 5.41) is 0. The number of hydrogen-bond donors (Lipinski definition) is 0. The summed E-state index contributed by atoms with van der Waals surface area (Å²) in [4.78, 5) is 10.7. The Balaban J connectivity index is 0.000000561. The van der Waals surface area contributed by atoms with Crippen LogP contribution in [-0.4, -0.2) is 5.78 Å². The van der Waals surface area contributed by atoms with Crippen LogP contribution in [-0.2, 0) is 0 Å². The molecule has 0 aromatic heterocycles. The highest BCUT2D eigenvalue weighted by Crippen LogP contribution is 2.10. The van der Waals surface area contributed by atoms with E-state index in [4.69, 9.17) is 0 Å². The molecule has 0 radical (unpaired) electrons. The van der Waals surface area contributed by atoms with Gasteiger partial charge in [-0.1, -0.05) is 41.9 Å². The molecule has 1 nitrogen and oxygen atoms in total. The molecule has 0 fully saturated rings. The molecule has 66 valence electrons. The molecule has 0 N–H and O–H groups in total. The summed E-state index contributed by atoms with van der Waals surface area (Å²) in [6.07, 6.45) is 0. The third-order valence-corrected chi connectivity index (χ3v) is 1.78. The van der Waals surface area contributed by atoms with Gasteiger partial charge < -0.3 is 0 Å². The Hall–Kier alpha value is -0.630. The van der Waals surface area contributed by atoms with Crippen LogP contribution in [0.5, 0.6) is 0 Å². The molecule has 0 heterocycles. The van der Waals surface area contributed by atoms with E-state index in [-0.39, 0.29) is 5.78 Å². The molecular weight excluding hydrogens is 216 g/mol. The van der Waals surface area contributed by atoms with Crippen LogP contribution in [0.4, 0.5) is 0 Å². The highest BCUT2D eigenvalue weighted by molar-refractivity contribution is 9.10. The van der Waals surface area contributed by atoms with Gasteiger partial charge >= 0.3 is 0 Å². The molecule has 0 aliphatic heterocycles. The number of carbonyl (C=O) groups is 1. The van der Waals surface area contributed by atoms with Crippen molar-refractivity contribution in [2.75, 3.05) is 0 Å². The second-order valence-corrected chi connectivity index (χ2v) is 2.98. The quantitative estimate of drug-likeness (QED) is 0.671. The van der Waals surface area contributed by atoms with Gasteiger partial charge in [-0.3, -0.25) is 4.79 Å². The fourth-order valence-electron chi connectivity index (χ4n) is 0.685. The van der Waals surface area contributed by atoms with Crippen molar-refractivity contribution in [2.45, 2.75) is 20.8 Å². The van der Waals surface area contributed by atoms with Gasteiger partial charge in [-0.25, -0.2) is 0 Å². The number of carbonyl (C=O) groups excluding carboxylic acids is 1. The minimum absolute atomic E-state index is 0.104. The van der Waals surface area contributed by atoms with Crippen LogP contribution in [0.15, 0.2) is 28.7 Å². The molecule has 0 bridgehead atoms. The van der Waals surface area contributed by atoms with E-state index < -0.39 is 0 Å². The molecule has 0 aliphatic rings. The van der Waals surface area contributed by atoms with Crippen molar-refractivity contribution >= 4 is 21.7 Å². The van der Waals surface area contributed by atoms with E-state index in [1.807, 2.05) is 26.0 Å². The molecule has 1 aromatic carbocycles. The average Bonchev–Trinajstić information content (AvgIpc) is 2.09. The van der Waals surface area contributed by atoms with Crippen LogP contribution < -0.4 is 0 Å². The third kappa shape index (κ3) is 3.67. The predicted octanol–water partition coefficient (Wildman–Crippen LogP) is 3.68. The second-order valence-electron chi connectivity index (χ2n) is 2.06. The molecule has 2 heteroatoms. The van der Waals surface area contributed by atoms with E-state index in [1.165, 1.54) is 0 Å². The maximum Gasteiger partial charge on any atom is 0.159 e. The molecule has 0 saturated carbocycles. The second kappa shape index (κ2) is 5.95. The van der Waals surface area contributed by atoms with Crippen LogP contribution in [0.1, 0.15) is 31.1 Å². The minimum atomic E-state index is 0.104. The molecular formula is C10H13BrO. The summed E-state index contributed by atoms with van der Waals surface area (Å²) < 4.78 is 0.998. The molecule has 1 rings (SSSR count). The van der Waals surface area contributed by atoms with Crippen molar-refractivity contribution in [1.29, 1.82) is 0 Å². The van der Waals surface area contributed by atoms with Gasteiger partial charge in [-0.2, -0.15) is 0 Å². The Kier molecular flexibility index (Phi) is 5.64. The van der Waals surface area contributed by atoms with Crippen LogP contribution >= 0.6 is 15.9 Å². The Bertz CT molecular complexity index is 239. The Labute approximate surface area is 81.9 Å². The molecule has 1 aromatic rings. The van der Waals surface area contributed by atoms with E-state index in [1.54, 1.807) is 19.1 Å². The van der Waals surface area contributed by atoms with E-state index in [9.17, 15) is 4.79 Å². The van der Waals surface area contributed by atoms with Crippen molar-refractivity contribution in [3.8, 4) is 0 Å². The lowest BCUT2D eigenvalue weighted by Crippen LogP contribution is -1.89. The SMILES string of the molecule is CC.CC(=O)c1ccc(Br)cc1. The van der Waals surface area contributed by atoms with Gasteiger partial charge in [-0.05, 0) is 19.1 Å². The van der Waals surface area contributed by atoms with Crippen LogP contribution in [0.2, 0.25) is 0 Å². The first-order valence-electron chi connectivity index (χ1n) is 3.96. The fraction of sp³-hybridized carbons (Fsp3) is 0.300. The lowest BCUT2D eigenvalue weighted by molar-refractivity contribution is 0.101. The van der Waals surface area contributed by atoms with E-state index in [0.29, 0.717) is 0 Å². The molecule has 0 amide bonds. The van der Waals surface area contributed by atoms with Gasteiger partial charge in [-0.15, -0.1) is 0 Å². The van der Waals surface area contributed by atoms with E-state index >= 15 is 0 Å². The standard InChI is InChI=1S/C8H7BrO.C2H6/c1-6(10)7-2-4-8(9)5-3-7;1-2/h2-5H,1H3;1-2H3. The number of Topliss-reactive ketones (excluding diaryl/α,β-unsaturated/α-hetero) is 1. The maximum absolute atomic E-state index is 10.7. The van der Waals surface area contributed by atoms with Crippen LogP contribution in [0.3, 0.4) is 0 Å². The number of ketones is 1. The number of halogens is 1. The third-order valence-electron chi connectivity index (χ3n) is 1.25. The Morgan fingerprint density at radius 2 is 1.58 bits per heavy atom. The number of benzene rings is 1. The van der Waals surface area contributed by atoms with Crippen LogP contribution in [0.25, 0.3) is 0 Å². The highest BCUT2D eigenvalue weighted by Gasteiger charge is 1.95. The highest BCUT2D eigenvalue weighted by atomic mass is 79.9. The first-order valence-corrected chi connectivity index (χ1v) is 4.76. The summed E-state index contributed by atoms with van der Waals surface area (Å²) in [6, 6.07) is 7.31. The van der Waals surface area contributed by atoms with Crippen molar-refractivity contribution in [3.05, 3.63) is 34.3 Å². The smallest absolute Gasteiger partial charge is 0.159 e. The monoisotopic (exact) mass is 228 g/mol. The Morgan fingerprint density at radius 3 is 1.92 bits per heavy atom. The lowest BCUT2D eigenvalue weighted by atomic mass is 10.2. The van der Waals surface area contributed by atoms with Gasteiger partial charge in [0, 0.05) is 10.0 Å². The van der Waals surface area contributed by atoms with E-state index in [0.717, 1.165) is 10.0 Å². The van der Waals surface area contributed by atoms with Crippen LogP contribution in [0, 0.1) is 0 Å². The van der Waals surface area contributed by atoms with Crippen molar-refractivity contribution in [1.82, 2.24) is 0 Å². The van der Waals surface area contributed by atoms with Crippen molar-refractivity contribution in [3.63, 3.8) is 0 Å². The van der Waals surface area contributed by atoms with Gasteiger partial charge in [0.1, 0.15) is 0 Å². The average molecular weight is 229 g/mol. The normalized spacial score (nSPS) is 8.33. The topological polar surface area (TPSA) is 17.1 Å². The minimum Gasteiger partial charge on any atom is -0.295 e. The van der Waals surface area contributed by atoms with E-state index in [2.05, 4.69) is 15.9 Å². The molecule has 12 heavy (non-hydrogen) atoms. The van der Waals surface area contributed by atoms with Gasteiger partial charge in [0.15, 0.2) is 5.78 Å².